The molecule has 2 aromatic carbocycles. The summed E-state index contributed by atoms with van der Waals surface area (Å²) in [5, 5.41) is 2.64. The molecule has 34 heavy (non-hydrogen) atoms. The summed E-state index contributed by atoms with van der Waals surface area (Å²) < 4.78 is 38.4. The van der Waals surface area contributed by atoms with Crippen LogP contribution in [-0.4, -0.2) is 30.9 Å². The summed E-state index contributed by atoms with van der Waals surface area (Å²) >= 11 is 0. The third kappa shape index (κ3) is 5.11. The number of halogens is 3. The van der Waals surface area contributed by atoms with Gasteiger partial charge in [0.2, 0.25) is 5.91 Å². The van der Waals surface area contributed by atoms with E-state index in [1.54, 1.807) is 7.05 Å². The van der Waals surface area contributed by atoms with Crippen molar-refractivity contribution in [3.05, 3.63) is 89.0 Å². The molecule has 2 aromatic rings. The first-order valence-electron chi connectivity index (χ1n) is 11.0. The molecule has 0 saturated heterocycles. The van der Waals surface area contributed by atoms with Gasteiger partial charge in [-0.05, 0) is 30.9 Å². The van der Waals surface area contributed by atoms with Crippen molar-refractivity contribution in [2.45, 2.75) is 37.9 Å². The molecule has 1 unspecified atom stereocenters. The number of allylic oxidation sites excluding steroid dienone is 4. The summed E-state index contributed by atoms with van der Waals surface area (Å²) in [5.74, 6) is -0.909. The number of carbonyl (C=O) groups is 2. The van der Waals surface area contributed by atoms with Crippen LogP contribution >= 0.6 is 0 Å². The van der Waals surface area contributed by atoms with Crippen LogP contribution in [0.2, 0.25) is 0 Å². The lowest BCUT2D eigenvalue weighted by Crippen LogP contribution is -2.43. The minimum Gasteiger partial charge on any atom is -0.308 e. The maximum atomic E-state index is 13.1. The van der Waals surface area contributed by atoms with Crippen LogP contribution in [0.25, 0.3) is 0 Å². The molecule has 0 aromatic heterocycles. The number of likely N-dealkylation sites (N-methyl/N-ethyl adjacent to an activating group) is 1. The van der Waals surface area contributed by atoms with Gasteiger partial charge >= 0.3 is 6.18 Å². The van der Waals surface area contributed by atoms with Crippen LogP contribution in [0.15, 0.2) is 82.9 Å². The third-order valence-corrected chi connectivity index (χ3v) is 6.00. The standard InChI is InChI=1S/C26H24F3N3O2/c1-32-21-10-6-5-9-20(21)23(18-7-3-2-4-8-18)31-24(25(32)34)30-22(33)16-13-17-11-14-19(15-12-17)26(27,28)29/h2-11,14,23H,12-13,15-16H2,1H3,(H,30,31,33). The molecule has 4 rings (SSSR count). The molecule has 8 heteroatoms. The van der Waals surface area contributed by atoms with Gasteiger partial charge in [-0.3, -0.25) is 14.6 Å². The predicted molar refractivity (Wildman–Crippen MR) is 124 cm³/mol. The van der Waals surface area contributed by atoms with Crippen molar-refractivity contribution in [1.82, 2.24) is 5.32 Å². The first kappa shape index (κ1) is 23.5. The number of carbonyl (C=O) groups excluding carboxylic acids is 2. The number of amidine groups is 1. The summed E-state index contributed by atoms with van der Waals surface area (Å²) in [7, 11) is 1.63. The van der Waals surface area contributed by atoms with Crippen molar-refractivity contribution < 1.29 is 22.8 Å². The fraction of sp³-hybridized carbons (Fsp3) is 0.269. The smallest absolute Gasteiger partial charge is 0.308 e. The van der Waals surface area contributed by atoms with Gasteiger partial charge in [0.1, 0.15) is 6.04 Å². The second kappa shape index (κ2) is 9.67. The fourth-order valence-electron chi connectivity index (χ4n) is 4.12. The second-order valence-electron chi connectivity index (χ2n) is 8.28. The molecule has 5 nitrogen and oxygen atoms in total. The van der Waals surface area contributed by atoms with E-state index in [1.165, 1.54) is 11.0 Å². The number of alkyl halides is 3. The van der Waals surface area contributed by atoms with Gasteiger partial charge in [-0.2, -0.15) is 13.2 Å². The molecule has 1 N–H and O–H groups in total. The Balaban J connectivity index is 1.52. The zero-order valence-electron chi connectivity index (χ0n) is 18.6. The van der Waals surface area contributed by atoms with Crippen LogP contribution in [0, 0.1) is 0 Å². The molecule has 0 spiro atoms. The number of rotatable bonds is 4. The summed E-state index contributed by atoms with van der Waals surface area (Å²) in [5.41, 5.74) is 2.63. The zero-order valence-corrected chi connectivity index (χ0v) is 18.6. The Labute approximate surface area is 195 Å². The highest BCUT2D eigenvalue weighted by atomic mass is 19.4. The van der Waals surface area contributed by atoms with Gasteiger partial charge in [-0.1, -0.05) is 66.3 Å². The topological polar surface area (TPSA) is 61.8 Å². The molecule has 176 valence electrons. The summed E-state index contributed by atoms with van der Waals surface area (Å²) in [6, 6.07) is 16.5. The minimum atomic E-state index is -4.32. The van der Waals surface area contributed by atoms with Crippen LogP contribution in [0.1, 0.15) is 42.9 Å². The Morgan fingerprint density at radius 2 is 1.76 bits per heavy atom. The Morgan fingerprint density at radius 1 is 1.06 bits per heavy atom. The van der Waals surface area contributed by atoms with E-state index >= 15 is 0 Å². The van der Waals surface area contributed by atoms with E-state index in [9.17, 15) is 22.8 Å². The van der Waals surface area contributed by atoms with Crippen LogP contribution in [0.4, 0.5) is 18.9 Å². The van der Waals surface area contributed by atoms with Gasteiger partial charge in [-0.15, -0.1) is 0 Å². The monoisotopic (exact) mass is 467 g/mol. The van der Waals surface area contributed by atoms with E-state index in [2.05, 4.69) is 10.3 Å². The largest absolute Gasteiger partial charge is 0.412 e. The Bertz CT molecular complexity index is 1180. The third-order valence-electron chi connectivity index (χ3n) is 6.00. The summed E-state index contributed by atoms with van der Waals surface area (Å²) in [6.45, 7) is 0. The highest BCUT2D eigenvalue weighted by Crippen LogP contribution is 2.36. The predicted octanol–water partition coefficient (Wildman–Crippen LogP) is 5.26. The number of hydrogen-bond donors (Lipinski definition) is 1. The lowest BCUT2D eigenvalue weighted by molar-refractivity contribution is -0.120. The number of nitrogens with one attached hydrogen (secondary N) is 1. The number of nitrogens with zero attached hydrogens (tertiary/aromatic N) is 2. The van der Waals surface area contributed by atoms with Crippen LogP contribution in [0.5, 0.6) is 0 Å². The summed E-state index contributed by atoms with van der Waals surface area (Å²) in [6.07, 6.45) is -1.30. The van der Waals surface area contributed by atoms with Gasteiger partial charge in [0.05, 0.1) is 0 Å². The Morgan fingerprint density at radius 3 is 2.44 bits per heavy atom. The SMILES string of the molecule is CN1C(=O)C(NC(=O)CCC2=CC=C(C(F)(F)F)CC2)=NC(c2ccccc2)c2ccccc21. The Kier molecular flexibility index (Phi) is 6.68. The zero-order chi connectivity index (χ0) is 24.3. The number of para-hydroxylation sites is 1. The van der Waals surface area contributed by atoms with E-state index in [0.29, 0.717) is 12.1 Å². The summed E-state index contributed by atoms with van der Waals surface area (Å²) in [4.78, 5) is 31.9. The first-order valence-corrected chi connectivity index (χ1v) is 11.0. The number of amides is 2. The van der Waals surface area contributed by atoms with Crippen molar-refractivity contribution in [2.24, 2.45) is 4.99 Å². The van der Waals surface area contributed by atoms with Crippen molar-refractivity contribution >= 4 is 23.3 Å². The highest BCUT2D eigenvalue weighted by molar-refractivity contribution is 6.45. The van der Waals surface area contributed by atoms with Crippen LogP contribution in [0.3, 0.4) is 0 Å². The fourth-order valence-corrected chi connectivity index (χ4v) is 4.12. The average Bonchev–Trinajstić information content (AvgIpc) is 2.94. The molecule has 1 heterocycles. The van der Waals surface area contributed by atoms with E-state index in [1.807, 2.05) is 54.6 Å². The van der Waals surface area contributed by atoms with E-state index in [4.69, 9.17) is 0 Å². The average molecular weight is 467 g/mol. The highest BCUT2D eigenvalue weighted by Gasteiger charge is 2.34. The molecule has 0 fully saturated rings. The molecule has 0 radical (unpaired) electrons. The maximum Gasteiger partial charge on any atom is 0.412 e. The normalized spacial score (nSPS) is 18.4. The molecule has 2 aliphatic rings. The van der Waals surface area contributed by atoms with Crippen molar-refractivity contribution in [1.29, 1.82) is 0 Å². The van der Waals surface area contributed by atoms with E-state index in [-0.39, 0.29) is 25.1 Å². The number of aliphatic imine (C=N–C) groups is 1. The second-order valence-corrected chi connectivity index (χ2v) is 8.28. The van der Waals surface area contributed by atoms with Crippen LogP contribution in [-0.2, 0) is 9.59 Å². The number of anilines is 1. The molecular formula is C26H24F3N3O2. The lowest BCUT2D eigenvalue weighted by Gasteiger charge is -2.19. The number of fused-ring (bicyclic) bond motifs is 1. The molecule has 2 amide bonds. The molecule has 1 atom stereocenters. The molecule has 0 bridgehead atoms. The first-order chi connectivity index (χ1) is 16.2. The quantitative estimate of drug-likeness (QED) is 0.667. The van der Waals surface area contributed by atoms with Crippen LogP contribution < -0.4 is 10.2 Å². The molecule has 1 aliphatic heterocycles. The van der Waals surface area contributed by atoms with Gasteiger partial charge in [0.25, 0.3) is 5.91 Å². The maximum absolute atomic E-state index is 13.1. The van der Waals surface area contributed by atoms with Gasteiger partial charge in [0, 0.05) is 30.3 Å². The minimum absolute atomic E-state index is 0.0417. The van der Waals surface area contributed by atoms with Crippen molar-refractivity contribution in [3.63, 3.8) is 0 Å². The lowest BCUT2D eigenvalue weighted by atomic mass is 9.95. The number of hydrogen-bond acceptors (Lipinski definition) is 3. The van der Waals surface area contributed by atoms with Gasteiger partial charge in [0.15, 0.2) is 5.84 Å². The number of benzene rings is 2. The van der Waals surface area contributed by atoms with Crippen molar-refractivity contribution in [3.8, 4) is 0 Å². The Hall–Kier alpha value is -3.68. The van der Waals surface area contributed by atoms with Gasteiger partial charge in [-0.25, -0.2) is 0 Å². The molecular weight excluding hydrogens is 443 g/mol. The molecule has 0 saturated carbocycles. The van der Waals surface area contributed by atoms with Crippen molar-refractivity contribution in [2.75, 3.05) is 11.9 Å². The molecule has 1 aliphatic carbocycles. The van der Waals surface area contributed by atoms with E-state index in [0.717, 1.165) is 22.8 Å². The van der Waals surface area contributed by atoms with Gasteiger partial charge < -0.3 is 10.2 Å². The van der Waals surface area contributed by atoms with E-state index < -0.39 is 29.6 Å².